The summed E-state index contributed by atoms with van der Waals surface area (Å²) in [6.45, 7) is 5.67. The average molecular weight is 440 g/mol. The number of benzene rings is 2. The topological polar surface area (TPSA) is 58.9 Å². The second-order valence-corrected chi connectivity index (χ2v) is 7.23. The second-order valence-electron chi connectivity index (χ2n) is 7.23. The molecule has 0 N–H and O–H groups in total. The van der Waals surface area contributed by atoms with E-state index in [2.05, 4.69) is 21.9 Å². The van der Waals surface area contributed by atoms with Gasteiger partial charge in [0.1, 0.15) is 12.4 Å². The van der Waals surface area contributed by atoms with Crippen molar-refractivity contribution in [1.29, 1.82) is 0 Å². The maximum absolute atomic E-state index is 11.3. The van der Waals surface area contributed by atoms with Gasteiger partial charge in [-0.05, 0) is 37.6 Å². The molecule has 1 fully saturated rings. The molecule has 2 aromatic carbocycles. The van der Waals surface area contributed by atoms with Gasteiger partial charge in [-0.2, -0.15) is 0 Å². The highest BCUT2D eigenvalue weighted by molar-refractivity contribution is 5.85. The molecule has 0 bridgehead atoms. The van der Waals surface area contributed by atoms with Gasteiger partial charge in [-0.15, -0.1) is 24.8 Å². The normalized spacial score (nSPS) is 19.2. The first-order chi connectivity index (χ1) is 13.2. The summed E-state index contributed by atoms with van der Waals surface area (Å²) < 4.78 is 5.96. The number of likely N-dealkylation sites (tertiary alicyclic amines) is 1. The quantitative estimate of drug-likeness (QED) is 0.512. The molecule has 6 nitrogen and oxygen atoms in total. The van der Waals surface area contributed by atoms with Crippen molar-refractivity contribution in [2.75, 3.05) is 39.3 Å². The van der Waals surface area contributed by atoms with Crippen LogP contribution in [-0.2, 0) is 0 Å². The lowest BCUT2D eigenvalue weighted by atomic mass is 9.96. The SMILES string of the molecule is Cl.Cl.O=[N+]([O-])c1ccc2c(c1)C(c1ccccc1)N(CCN1CCCC1)CCO2. The minimum absolute atomic E-state index is 0. The lowest BCUT2D eigenvalue weighted by Gasteiger charge is -2.31. The maximum atomic E-state index is 11.3. The van der Waals surface area contributed by atoms with Crippen LogP contribution >= 0.6 is 24.8 Å². The first-order valence-electron chi connectivity index (χ1n) is 9.65. The molecule has 8 heteroatoms. The smallest absolute Gasteiger partial charge is 0.270 e. The van der Waals surface area contributed by atoms with Crippen LogP contribution in [0.4, 0.5) is 5.69 Å². The number of rotatable bonds is 5. The Kier molecular flexibility index (Phi) is 8.71. The maximum Gasteiger partial charge on any atom is 0.270 e. The third-order valence-corrected chi connectivity index (χ3v) is 5.52. The predicted octanol–water partition coefficient (Wildman–Crippen LogP) is 4.32. The highest BCUT2D eigenvalue weighted by atomic mass is 35.5. The van der Waals surface area contributed by atoms with Crippen molar-refractivity contribution < 1.29 is 9.66 Å². The van der Waals surface area contributed by atoms with Crippen LogP contribution in [-0.4, -0.2) is 54.1 Å². The number of ether oxygens (including phenoxy) is 1. The van der Waals surface area contributed by atoms with E-state index in [4.69, 9.17) is 4.74 Å². The number of nitrogens with zero attached hydrogens (tertiary/aromatic N) is 3. The lowest BCUT2D eigenvalue weighted by Crippen LogP contribution is -2.37. The highest BCUT2D eigenvalue weighted by Crippen LogP contribution is 2.38. The molecule has 0 aromatic heterocycles. The van der Waals surface area contributed by atoms with Crippen molar-refractivity contribution in [3.05, 3.63) is 69.8 Å². The van der Waals surface area contributed by atoms with Crippen molar-refractivity contribution in [3.8, 4) is 5.75 Å². The van der Waals surface area contributed by atoms with Gasteiger partial charge in [-0.1, -0.05) is 30.3 Å². The van der Waals surface area contributed by atoms with Crippen LogP contribution in [0, 0.1) is 10.1 Å². The number of nitro groups is 1. The van der Waals surface area contributed by atoms with Gasteiger partial charge in [0, 0.05) is 37.3 Å². The van der Waals surface area contributed by atoms with E-state index in [0.29, 0.717) is 6.61 Å². The van der Waals surface area contributed by atoms with Crippen molar-refractivity contribution in [3.63, 3.8) is 0 Å². The third-order valence-electron chi connectivity index (χ3n) is 5.52. The second kappa shape index (κ2) is 10.8. The standard InChI is InChI=1S/C21H25N3O3.2ClH/c25-24(26)18-8-9-20-19(16-18)21(17-6-2-1-3-7-17)23(14-15-27-20)13-12-22-10-4-5-11-22;;/h1-3,6-9,16,21H,4-5,10-15H2;2*1H. The van der Waals surface area contributed by atoms with E-state index < -0.39 is 0 Å². The monoisotopic (exact) mass is 439 g/mol. The summed E-state index contributed by atoms with van der Waals surface area (Å²) in [6.07, 6.45) is 2.56. The lowest BCUT2D eigenvalue weighted by molar-refractivity contribution is -0.385. The van der Waals surface area contributed by atoms with Gasteiger partial charge in [0.15, 0.2) is 0 Å². The summed E-state index contributed by atoms with van der Waals surface area (Å²) in [5, 5.41) is 11.3. The number of hydrogen-bond acceptors (Lipinski definition) is 5. The number of halogens is 2. The number of nitro benzene ring substituents is 1. The van der Waals surface area contributed by atoms with Crippen LogP contribution in [0.1, 0.15) is 30.0 Å². The van der Waals surface area contributed by atoms with Crippen molar-refractivity contribution >= 4 is 30.5 Å². The fourth-order valence-electron chi connectivity index (χ4n) is 4.14. The Bertz CT molecular complexity index is 801. The summed E-state index contributed by atoms with van der Waals surface area (Å²) in [4.78, 5) is 15.9. The molecule has 4 rings (SSSR count). The number of non-ortho nitro benzene ring substituents is 1. The van der Waals surface area contributed by atoms with Crippen molar-refractivity contribution in [2.45, 2.75) is 18.9 Å². The molecule has 0 saturated carbocycles. The Labute approximate surface area is 183 Å². The Morgan fingerprint density at radius 1 is 1.00 bits per heavy atom. The summed E-state index contributed by atoms with van der Waals surface area (Å²) in [7, 11) is 0. The van der Waals surface area contributed by atoms with E-state index in [0.717, 1.165) is 36.5 Å². The molecule has 1 atom stereocenters. The largest absolute Gasteiger partial charge is 0.492 e. The molecule has 158 valence electrons. The molecule has 2 aliphatic rings. The zero-order valence-corrected chi connectivity index (χ0v) is 17.9. The van der Waals surface area contributed by atoms with E-state index in [1.165, 1.54) is 32.0 Å². The predicted molar refractivity (Wildman–Crippen MR) is 119 cm³/mol. The minimum Gasteiger partial charge on any atom is -0.492 e. The van der Waals surface area contributed by atoms with Crippen LogP contribution in [0.3, 0.4) is 0 Å². The molecular weight excluding hydrogens is 413 g/mol. The van der Waals surface area contributed by atoms with E-state index in [-0.39, 0.29) is 41.5 Å². The van der Waals surface area contributed by atoms with E-state index in [9.17, 15) is 10.1 Å². The molecule has 1 unspecified atom stereocenters. The molecule has 29 heavy (non-hydrogen) atoms. The van der Waals surface area contributed by atoms with Gasteiger partial charge in [0.2, 0.25) is 0 Å². The highest BCUT2D eigenvalue weighted by Gasteiger charge is 2.30. The van der Waals surface area contributed by atoms with Gasteiger partial charge in [0.05, 0.1) is 11.0 Å². The minimum atomic E-state index is -0.332. The molecule has 1 saturated heterocycles. The van der Waals surface area contributed by atoms with Crippen LogP contribution < -0.4 is 4.74 Å². The molecule has 0 aliphatic carbocycles. The fourth-order valence-corrected chi connectivity index (χ4v) is 4.14. The van der Waals surface area contributed by atoms with Gasteiger partial charge in [-0.3, -0.25) is 15.0 Å². The van der Waals surface area contributed by atoms with Gasteiger partial charge < -0.3 is 9.64 Å². The molecule has 2 heterocycles. The molecule has 2 aromatic rings. The zero-order valence-electron chi connectivity index (χ0n) is 16.2. The Morgan fingerprint density at radius 2 is 1.72 bits per heavy atom. The Hall–Kier alpha value is -1.86. The molecular formula is C21H27Cl2N3O3. The Balaban J connectivity index is 0.00000150. The Morgan fingerprint density at radius 3 is 2.41 bits per heavy atom. The van der Waals surface area contributed by atoms with Crippen molar-refractivity contribution in [1.82, 2.24) is 9.80 Å². The van der Waals surface area contributed by atoms with E-state index in [1.807, 2.05) is 18.2 Å². The first-order valence-corrected chi connectivity index (χ1v) is 9.65. The fraction of sp³-hybridized carbons (Fsp3) is 0.429. The zero-order chi connectivity index (χ0) is 18.6. The van der Waals surface area contributed by atoms with E-state index in [1.54, 1.807) is 12.1 Å². The molecule has 0 amide bonds. The average Bonchev–Trinajstić information content (AvgIpc) is 3.14. The summed E-state index contributed by atoms with van der Waals surface area (Å²) >= 11 is 0. The third kappa shape index (κ3) is 5.39. The van der Waals surface area contributed by atoms with Crippen LogP contribution in [0.5, 0.6) is 5.75 Å². The van der Waals surface area contributed by atoms with Gasteiger partial charge in [-0.25, -0.2) is 0 Å². The first kappa shape index (κ1) is 23.4. The summed E-state index contributed by atoms with van der Waals surface area (Å²) in [5.74, 6) is 0.748. The van der Waals surface area contributed by atoms with Crippen LogP contribution in [0.15, 0.2) is 48.5 Å². The summed E-state index contributed by atoms with van der Waals surface area (Å²) in [6, 6.07) is 15.2. The van der Waals surface area contributed by atoms with E-state index >= 15 is 0 Å². The number of hydrogen-bond donors (Lipinski definition) is 0. The van der Waals surface area contributed by atoms with Crippen molar-refractivity contribution in [2.24, 2.45) is 0 Å². The molecule has 0 radical (unpaired) electrons. The molecule has 2 aliphatic heterocycles. The van der Waals surface area contributed by atoms with Crippen LogP contribution in [0.25, 0.3) is 0 Å². The van der Waals surface area contributed by atoms with Gasteiger partial charge in [0.25, 0.3) is 5.69 Å². The summed E-state index contributed by atoms with van der Waals surface area (Å²) in [5.41, 5.74) is 2.14. The number of fused-ring (bicyclic) bond motifs is 1. The van der Waals surface area contributed by atoms with Gasteiger partial charge >= 0.3 is 0 Å². The molecule has 0 spiro atoms. The van der Waals surface area contributed by atoms with Crippen LogP contribution in [0.2, 0.25) is 0 Å².